The van der Waals surface area contributed by atoms with Crippen molar-refractivity contribution in [2.24, 2.45) is 5.92 Å². The molecule has 1 N–H and O–H groups in total. The van der Waals surface area contributed by atoms with Gasteiger partial charge in [-0.05, 0) is 37.2 Å². The van der Waals surface area contributed by atoms with Gasteiger partial charge in [-0.3, -0.25) is 0 Å². The van der Waals surface area contributed by atoms with Crippen LogP contribution >= 0.6 is 11.8 Å². The van der Waals surface area contributed by atoms with Crippen molar-refractivity contribution in [1.82, 2.24) is 5.32 Å². The summed E-state index contributed by atoms with van der Waals surface area (Å²) in [6, 6.07) is 8.29. The van der Waals surface area contributed by atoms with E-state index in [2.05, 4.69) is 17.4 Å². The number of hydrogen-bond donors (Lipinski definition) is 1. The minimum Gasteiger partial charge on any atom is -0.496 e. The zero-order valence-corrected chi connectivity index (χ0v) is 10.6. The maximum absolute atomic E-state index is 5.34. The fraction of sp³-hybridized carbons (Fsp3) is 0.538. The first-order valence-electron chi connectivity index (χ1n) is 5.80. The van der Waals surface area contributed by atoms with Gasteiger partial charge in [-0.25, -0.2) is 0 Å². The maximum Gasteiger partial charge on any atom is 0.122 e. The molecule has 0 saturated carbocycles. The van der Waals surface area contributed by atoms with Crippen LogP contribution in [0.4, 0.5) is 0 Å². The molecule has 1 saturated heterocycles. The Kier molecular flexibility index (Phi) is 4.55. The molecule has 0 bridgehead atoms. The van der Waals surface area contributed by atoms with Gasteiger partial charge in [0.1, 0.15) is 5.75 Å². The minimum atomic E-state index is 0.861. The molecule has 3 heteroatoms. The Morgan fingerprint density at radius 1 is 1.44 bits per heavy atom. The molecular formula is C13H19NOS. The van der Waals surface area contributed by atoms with E-state index in [0.717, 1.165) is 17.4 Å². The van der Waals surface area contributed by atoms with Gasteiger partial charge in [0.25, 0.3) is 0 Å². The molecule has 1 heterocycles. The third-order valence-electron chi connectivity index (χ3n) is 2.97. The maximum atomic E-state index is 5.34. The molecule has 0 spiro atoms. The lowest BCUT2D eigenvalue weighted by Gasteiger charge is -2.10. The summed E-state index contributed by atoms with van der Waals surface area (Å²) in [6.07, 6.45) is 1.33. The van der Waals surface area contributed by atoms with E-state index in [1.807, 2.05) is 23.9 Å². The molecule has 0 aromatic heterocycles. The lowest BCUT2D eigenvalue weighted by Crippen LogP contribution is -2.10. The van der Waals surface area contributed by atoms with E-state index in [9.17, 15) is 0 Å². The van der Waals surface area contributed by atoms with Crippen molar-refractivity contribution in [2.45, 2.75) is 12.2 Å². The van der Waals surface area contributed by atoms with Crippen LogP contribution < -0.4 is 10.1 Å². The lowest BCUT2D eigenvalue weighted by molar-refractivity contribution is 0.411. The highest BCUT2D eigenvalue weighted by Gasteiger charge is 2.14. The van der Waals surface area contributed by atoms with E-state index in [1.165, 1.54) is 30.8 Å². The van der Waals surface area contributed by atoms with Crippen LogP contribution in [0.3, 0.4) is 0 Å². The average molecular weight is 237 g/mol. The zero-order chi connectivity index (χ0) is 11.2. The van der Waals surface area contributed by atoms with Gasteiger partial charge in [-0.15, -0.1) is 0 Å². The van der Waals surface area contributed by atoms with Crippen molar-refractivity contribution < 1.29 is 4.74 Å². The third-order valence-corrected chi connectivity index (χ3v) is 4.19. The van der Waals surface area contributed by atoms with Gasteiger partial charge in [-0.1, -0.05) is 18.2 Å². The van der Waals surface area contributed by atoms with Gasteiger partial charge in [-0.2, -0.15) is 11.8 Å². The average Bonchev–Trinajstić information content (AvgIpc) is 2.83. The van der Waals surface area contributed by atoms with Crippen molar-refractivity contribution in [2.75, 3.05) is 26.0 Å². The summed E-state index contributed by atoms with van der Waals surface area (Å²) in [7, 11) is 1.74. The largest absolute Gasteiger partial charge is 0.496 e. The molecule has 2 nitrogen and oxygen atoms in total. The van der Waals surface area contributed by atoms with Gasteiger partial charge in [0, 0.05) is 11.3 Å². The molecule has 1 unspecified atom stereocenters. The molecule has 1 aliphatic rings. The number of rotatable bonds is 5. The quantitative estimate of drug-likeness (QED) is 0.850. The van der Waals surface area contributed by atoms with Crippen molar-refractivity contribution in [1.29, 1.82) is 0 Å². The number of methoxy groups -OCH3 is 1. The number of thioether (sulfide) groups is 1. The van der Waals surface area contributed by atoms with Gasteiger partial charge in [0.05, 0.1) is 7.11 Å². The number of para-hydroxylation sites is 1. The Balaban J connectivity index is 1.79. The summed E-state index contributed by atoms with van der Waals surface area (Å²) in [5.41, 5.74) is 1.31. The fourth-order valence-electron chi connectivity index (χ4n) is 2.01. The first-order valence-corrected chi connectivity index (χ1v) is 6.96. The van der Waals surface area contributed by atoms with Crippen LogP contribution in [0.15, 0.2) is 24.3 Å². The highest BCUT2D eigenvalue weighted by Crippen LogP contribution is 2.24. The fourth-order valence-corrected chi connectivity index (χ4v) is 3.21. The van der Waals surface area contributed by atoms with Crippen molar-refractivity contribution in [3.05, 3.63) is 29.8 Å². The molecule has 0 amide bonds. The second-order valence-corrected chi connectivity index (χ2v) is 5.22. The second kappa shape index (κ2) is 6.16. The summed E-state index contributed by atoms with van der Waals surface area (Å²) in [6.45, 7) is 2.39. The molecule has 1 aromatic carbocycles. The summed E-state index contributed by atoms with van der Waals surface area (Å²) in [4.78, 5) is 0. The Bertz CT molecular complexity index is 323. The molecule has 0 radical (unpaired) electrons. The topological polar surface area (TPSA) is 21.3 Å². The van der Waals surface area contributed by atoms with Gasteiger partial charge in [0.15, 0.2) is 0 Å². The standard InChI is InChI=1S/C13H19NOS/c1-15-13-5-3-2-4-12(13)10-16-9-11-6-7-14-8-11/h2-5,11,14H,6-10H2,1H3. The smallest absolute Gasteiger partial charge is 0.122 e. The Hall–Kier alpha value is -0.670. The molecule has 0 aliphatic carbocycles. The number of hydrogen-bond acceptors (Lipinski definition) is 3. The molecule has 88 valence electrons. The SMILES string of the molecule is COc1ccccc1CSCC1CCNC1. The molecule has 2 rings (SSSR count). The summed E-state index contributed by atoms with van der Waals surface area (Å²) >= 11 is 2.01. The molecule has 1 aliphatic heterocycles. The third kappa shape index (κ3) is 3.16. The first-order chi connectivity index (χ1) is 7.90. The van der Waals surface area contributed by atoms with Crippen LogP contribution in [0.2, 0.25) is 0 Å². The monoisotopic (exact) mass is 237 g/mol. The van der Waals surface area contributed by atoms with Crippen LogP contribution in [0.25, 0.3) is 0 Å². The Morgan fingerprint density at radius 3 is 3.06 bits per heavy atom. The molecular weight excluding hydrogens is 218 g/mol. The number of benzene rings is 1. The van der Waals surface area contributed by atoms with Crippen LogP contribution in [0.5, 0.6) is 5.75 Å². The second-order valence-electron chi connectivity index (χ2n) is 4.19. The molecule has 1 aromatic rings. The van der Waals surface area contributed by atoms with Crippen molar-refractivity contribution in [3.63, 3.8) is 0 Å². The zero-order valence-electron chi connectivity index (χ0n) is 9.74. The predicted molar refractivity (Wildman–Crippen MR) is 70.1 cm³/mol. The summed E-state index contributed by atoms with van der Waals surface area (Å²) in [5.74, 6) is 4.19. The number of nitrogens with one attached hydrogen (secondary N) is 1. The Labute approximate surface area is 102 Å². The van der Waals surface area contributed by atoms with E-state index < -0.39 is 0 Å². The van der Waals surface area contributed by atoms with E-state index in [-0.39, 0.29) is 0 Å². The van der Waals surface area contributed by atoms with Gasteiger partial charge < -0.3 is 10.1 Å². The van der Waals surface area contributed by atoms with Crippen molar-refractivity contribution >= 4 is 11.8 Å². The van der Waals surface area contributed by atoms with E-state index in [1.54, 1.807) is 7.11 Å². The van der Waals surface area contributed by atoms with Crippen LogP contribution in [0.1, 0.15) is 12.0 Å². The predicted octanol–water partition coefficient (Wildman–Crippen LogP) is 2.54. The molecule has 16 heavy (non-hydrogen) atoms. The van der Waals surface area contributed by atoms with E-state index in [4.69, 9.17) is 4.74 Å². The van der Waals surface area contributed by atoms with E-state index in [0.29, 0.717) is 0 Å². The minimum absolute atomic E-state index is 0.861. The molecule has 1 fully saturated rings. The normalized spacial score (nSPS) is 19.9. The number of ether oxygens (including phenoxy) is 1. The van der Waals surface area contributed by atoms with Crippen LogP contribution in [0, 0.1) is 5.92 Å². The summed E-state index contributed by atoms with van der Waals surface area (Å²) in [5, 5.41) is 3.41. The molecule has 1 atom stereocenters. The Morgan fingerprint density at radius 2 is 2.31 bits per heavy atom. The van der Waals surface area contributed by atoms with Gasteiger partial charge >= 0.3 is 0 Å². The summed E-state index contributed by atoms with van der Waals surface area (Å²) < 4.78 is 5.34. The van der Waals surface area contributed by atoms with Crippen molar-refractivity contribution in [3.8, 4) is 5.75 Å². The highest BCUT2D eigenvalue weighted by molar-refractivity contribution is 7.98. The van der Waals surface area contributed by atoms with Crippen LogP contribution in [-0.2, 0) is 5.75 Å². The lowest BCUT2D eigenvalue weighted by atomic mass is 10.2. The van der Waals surface area contributed by atoms with Crippen LogP contribution in [-0.4, -0.2) is 26.0 Å². The van der Waals surface area contributed by atoms with E-state index >= 15 is 0 Å². The van der Waals surface area contributed by atoms with Gasteiger partial charge in [0.2, 0.25) is 0 Å². The first kappa shape index (κ1) is 11.8. The highest BCUT2D eigenvalue weighted by atomic mass is 32.2.